The maximum atomic E-state index is 11.9. The number of rotatable bonds is 4. The predicted molar refractivity (Wildman–Crippen MR) is 105 cm³/mol. The molecule has 5 heteroatoms. The summed E-state index contributed by atoms with van der Waals surface area (Å²) >= 11 is 0. The summed E-state index contributed by atoms with van der Waals surface area (Å²) in [6, 6.07) is 0.820. The molecular weight excluding hydrogens is 330 g/mol. The molecule has 0 bridgehead atoms. The summed E-state index contributed by atoms with van der Waals surface area (Å²) in [6.45, 7) is 16.0. The van der Waals surface area contributed by atoms with Gasteiger partial charge in [-0.15, -0.1) is 0 Å². The summed E-state index contributed by atoms with van der Waals surface area (Å²) < 4.78 is 11.9. The first kappa shape index (κ1) is 20.7. The molecule has 0 spiro atoms. The normalized spacial score (nSPS) is 32.4. The van der Waals surface area contributed by atoms with E-state index in [2.05, 4.69) is 46.1 Å². The Morgan fingerprint density at radius 1 is 1.36 bits per heavy atom. The molecule has 1 saturated carbocycles. The third-order valence-corrected chi connectivity index (χ3v) is 10.8. The number of hydrogen-bond acceptors (Lipinski definition) is 4. The van der Waals surface area contributed by atoms with Crippen molar-refractivity contribution in [1.82, 2.24) is 5.32 Å². The fraction of sp³-hybridized carbons (Fsp3) is 0.850. The van der Waals surface area contributed by atoms with Crippen LogP contribution in [0.4, 0.5) is 0 Å². The topological polar surface area (TPSA) is 47.6 Å². The van der Waals surface area contributed by atoms with Gasteiger partial charge in [-0.05, 0) is 63.6 Å². The van der Waals surface area contributed by atoms with Gasteiger partial charge in [-0.25, -0.2) is 4.79 Å². The van der Waals surface area contributed by atoms with E-state index in [0.717, 1.165) is 19.3 Å². The van der Waals surface area contributed by atoms with E-state index >= 15 is 0 Å². The summed E-state index contributed by atoms with van der Waals surface area (Å²) in [4.78, 5) is 11.9. The van der Waals surface area contributed by atoms with Crippen LogP contribution in [0.1, 0.15) is 60.3 Å². The van der Waals surface area contributed by atoms with Crippen LogP contribution >= 0.6 is 0 Å². The third-order valence-electron chi connectivity index (χ3n) is 6.31. The van der Waals surface area contributed by atoms with E-state index < -0.39 is 8.32 Å². The second-order valence-corrected chi connectivity index (χ2v) is 13.9. The number of nitrogens with one attached hydrogen (secondary N) is 1. The summed E-state index contributed by atoms with van der Waals surface area (Å²) in [5.74, 6) is 0.197. The van der Waals surface area contributed by atoms with Gasteiger partial charge in [0.1, 0.15) is 0 Å². The Morgan fingerprint density at radius 2 is 2.04 bits per heavy atom. The van der Waals surface area contributed by atoms with Crippen LogP contribution in [-0.4, -0.2) is 39.1 Å². The van der Waals surface area contributed by atoms with Crippen LogP contribution in [0.5, 0.6) is 0 Å². The Kier molecular flexibility index (Phi) is 6.55. The Bertz CT molecular complexity index is 510. The maximum Gasteiger partial charge on any atom is 0.330 e. The Morgan fingerprint density at radius 3 is 2.64 bits per heavy atom. The highest BCUT2D eigenvalue weighted by atomic mass is 28.4. The number of carbonyl (C=O) groups is 1. The van der Waals surface area contributed by atoms with Gasteiger partial charge in [-0.1, -0.05) is 26.3 Å². The molecule has 2 rings (SSSR count). The second kappa shape index (κ2) is 7.93. The number of hydrogen-bond donors (Lipinski definition) is 1. The highest BCUT2D eigenvalue weighted by molar-refractivity contribution is 6.74. The lowest BCUT2D eigenvalue weighted by atomic mass is 9.73. The van der Waals surface area contributed by atoms with Gasteiger partial charge in [-0.2, -0.15) is 0 Å². The van der Waals surface area contributed by atoms with Crippen molar-refractivity contribution in [2.45, 2.75) is 96.6 Å². The number of carbonyl (C=O) groups excluding carboxylic acids is 1. The highest BCUT2D eigenvalue weighted by Gasteiger charge is 2.44. The van der Waals surface area contributed by atoms with E-state index in [-0.39, 0.29) is 17.1 Å². The van der Waals surface area contributed by atoms with Gasteiger partial charge in [0, 0.05) is 18.2 Å². The van der Waals surface area contributed by atoms with Crippen molar-refractivity contribution in [3.63, 3.8) is 0 Å². The molecule has 2 fully saturated rings. The van der Waals surface area contributed by atoms with Crippen molar-refractivity contribution in [1.29, 1.82) is 0 Å². The molecule has 0 amide bonds. The van der Waals surface area contributed by atoms with Crippen molar-refractivity contribution in [2.75, 3.05) is 6.61 Å². The molecule has 4 nitrogen and oxygen atoms in total. The molecule has 0 aromatic heterocycles. The zero-order valence-corrected chi connectivity index (χ0v) is 18.1. The predicted octanol–water partition coefficient (Wildman–Crippen LogP) is 4.42. The first-order valence-electron chi connectivity index (χ1n) is 9.86. The maximum absolute atomic E-state index is 11.9. The van der Waals surface area contributed by atoms with Crippen molar-refractivity contribution >= 4 is 14.3 Å². The minimum absolute atomic E-state index is 0.196. The molecule has 0 aromatic rings. The van der Waals surface area contributed by atoms with E-state index in [1.54, 1.807) is 6.08 Å². The molecule has 0 radical (unpaired) electrons. The fourth-order valence-electron chi connectivity index (χ4n) is 3.81. The van der Waals surface area contributed by atoms with E-state index in [1.165, 1.54) is 12.0 Å². The lowest BCUT2D eigenvalue weighted by molar-refractivity contribution is -0.137. The van der Waals surface area contributed by atoms with E-state index in [4.69, 9.17) is 9.16 Å². The first-order valence-corrected chi connectivity index (χ1v) is 12.8. The summed E-state index contributed by atoms with van der Waals surface area (Å²) in [5, 5.41) is 3.99. The summed E-state index contributed by atoms with van der Waals surface area (Å²) in [6.07, 6.45) is 6.30. The van der Waals surface area contributed by atoms with Crippen LogP contribution in [0.2, 0.25) is 18.1 Å². The lowest BCUT2D eigenvalue weighted by Gasteiger charge is -2.48. The quantitative estimate of drug-likeness (QED) is 0.454. The summed E-state index contributed by atoms with van der Waals surface area (Å²) in [7, 11) is -1.81. The fourth-order valence-corrected chi connectivity index (χ4v) is 5.22. The van der Waals surface area contributed by atoms with Crippen LogP contribution in [-0.2, 0) is 14.0 Å². The third kappa shape index (κ3) is 4.95. The molecule has 4 atom stereocenters. The molecule has 1 saturated heterocycles. The largest absolute Gasteiger partial charge is 0.463 e. The Hall–Kier alpha value is -0.653. The molecule has 144 valence electrons. The van der Waals surface area contributed by atoms with E-state index in [1.807, 2.05) is 6.92 Å². The molecule has 25 heavy (non-hydrogen) atoms. The Labute approximate surface area is 154 Å². The smallest absolute Gasteiger partial charge is 0.330 e. The number of esters is 1. The molecule has 0 aromatic carbocycles. The zero-order valence-electron chi connectivity index (χ0n) is 17.1. The highest BCUT2D eigenvalue weighted by Crippen LogP contribution is 2.42. The van der Waals surface area contributed by atoms with Crippen molar-refractivity contribution in [2.24, 2.45) is 5.92 Å². The number of piperidine rings is 1. The van der Waals surface area contributed by atoms with Crippen molar-refractivity contribution in [3.8, 4) is 0 Å². The van der Waals surface area contributed by atoms with Gasteiger partial charge in [-0.3, -0.25) is 0 Å². The minimum atomic E-state index is -1.81. The van der Waals surface area contributed by atoms with E-state index in [9.17, 15) is 4.79 Å². The average molecular weight is 368 g/mol. The van der Waals surface area contributed by atoms with Crippen LogP contribution in [0, 0.1) is 5.92 Å². The van der Waals surface area contributed by atoms with Gasteiger partial charge in [0.25, 0.3) is 0 Å². The van der Waals surface area contributed by atoms with Gasteiger partial charge in [0.15, 0.2) is 8.32 Å². The van der Waals surface area contributed by atoms with Gasteiger partial charge < -0.3 is 14.5 Å². The van der Waals surface area contributed by atoms with Crippen LogP contribution in [0.25, 0.3) is 0 Å². The SMILES string of the molecule is CCOC(=O)/C=C1/CCC[C@H]2N[C@@H](C)[C@H](O[Si](C)(C)C(C)(C)C)C[C@@H]12. The van der Waals surface area contributed by atoms with Gasteiger partial charge in [0.2, 0.25) is 0 Å². The molecule has 1 heterocycles. The molecule has 2 aliphatic rings. The Balaban J connectivity index is 2.15. The van der Waals surface area contributed by atoms with Gasteiger partial charge in [0.05, 0.1) is 12.7 Å². The number of ether oxygens (including phenoxy) is 1. The van der Waals surface area contributed by atoms with Crippen LogP contribution in [0.3, 0.4) is 0 Å². The minimum Gasteiger partial charge on any atom is -0.463 e. The first-order chi connectivity index (χ1) is 11.5. The molecule has 1 aliphatic carbocycles. The van der Waals surface area contributed by atoms with Crippen molar-refractivity contribution < 1.29 is 14.0 Å². The average Bonchev–Trinajstić information content (AvgIpc) is 2.47. The second-order valence-electron chi connectivity index (χ2n) is 9.18. The molecule has 1 N–H and O–H groups in total. The van der Waals surface area contributed by atoms with Gasteiger partial charge >= 0.3 is 5.97 Å². The lowest BCUT2D eigenvalue weighted by Crippen LogP contribution is -2.58. The standard InChI is InChI=1S/C20H37NO3Si/c1-8-23-19(22)12-15-10-9-11-17-16(15)13-18(14(2)21-17)24-25(6,7)20(3,4)5/h12,14,16-18,21H,8-11,13H2,1-7H3/b15-12-/t14-,16-,17+,18+/m0/s1. The zero-order chi connectivity index (χ0) is 18.8. The number of fused-ring (bicyclic) bond motifs is 1. The van der Waals surface area contributed by atoms with Crippen LogP contribution < -0.4 is 5.32 Å². The van der Waals surface area contributed by atoms with Crippen molar-refractivity contribution in [3.05, 3.63) is 11.6 Å². The molecule has 0 unspecified atom stereocenters. The molecule has 1 aliphatic heterocycles. The summed E-state index contributed by atoms with van der Waals surface area (Å²) in [5.41, 5.74) is 1.25. The monoisotopic (exact) mass is 367 g/mol. The van der Waals surface area contributed by atoms with Crippen LogP contribution in [0.15, 0.2) is 11.6 Å². The molecular formula is C20H37NO3Si. The van der Waals surface area contributed by atoms with E-state index in [0.29, 0.717) is 24.6 Å².